The Labute approximate surface area is 183 Å². The minimum absolute atomic E-state index is 0.000342. The molecule has 0 spiro atoms. The number of rotatable bonds is 5. The topological polar surface area (TPSA) is 101 Å². The average Bonchev–Trinajstić information content (AvgIpc) is 2.79. The van der Waals surface area contributed by atoms with Gasteiger partial charge in [0.15, 0.2) is 0 Å². The van der Waals surface area contributed by atoms with E-state index in [1.165, 1.54) is 42.5 Å². The number of amides is 1. The Morgan fingerprint density at radius 2 is 1.66 bits per heavy atom. The summed E-state index contributed by atoms with van der Waals surface area (Å²) in [6.45, 7) is 1.84. The second-order valence-electron chi connectivity index (χ2n) is 6.98. The van der Waals surface area contributed by atoms with Crippen LogP contribution in [-0.2, 0) is 10.0 Å². The second-order valence-corrected chi connectivity index (χ2v) is 8.64. The first-order valence-corrected chi connectivity index (χ1v) is 11.0. The highest BCUT2D eigenvalue weighted by molar-refractivity contribution is 7.89. The van der Waals surface area contributed by atoms with E-state index in [1.807, 2.05) is 6.92 Å². The molecule has 1 heterocycles. The summed E-state index contributed by atoms with van der Waals surface area (Å²) in [4.78, 5) is 15.0. The third-order valence-electron chi connectivity index (χ3n) is 4.60. The van der Waals surface area contributed by atoms with Crippen LogP contribution in [-0.4, -0.2) is 14.3 Å². The molecule has 9 heteroatoms. The molecule has 4 rings (SSSR count). The second kappa shape index (κ2) is 8.64. The van der Waals surface area contributed by atoms with Gasteiger partial charge in [-0.1, -0.05) is 35.9 Å². The molecule has 0 aliphatic carbocycles. The van der Waals surface area contributed by atoms with Gasteiger partial charge in [0.25, 0.3) is 15.9 Å². The molecule has 0 aliphatic rings. The summed E-state index contributed by atoms with van der Waals surface area (Å²) in [6.07, 6.45) is 0. The number of hydrogen-bond acceptors (Lipinski definition) is 5. The summed E-state index contributed by atoms with van der Waals surface area (Å²) >= 11 is 0. The smallest absolute Gasteiger partial charge is 0.276 e. The third kappa shape index (κ3) is 4.68. The number of nitrogens with one attached hydrogen (secondary N) is 2. The molecule has 0 saturated heterocycles. The van der Waals surface area contributed by atoms with Crippen molar-refractivity contribution < 1.29 is 22.0 Å². The number of carbonyl (C=O) groups excluding carboxylic acids is 1. The number of fused-ring (bicyclic) bond motifs is 1. The first kappa shape index (κ1) is 21.3. The van der Waals surface area contributed by atoms with Gasteiger partial charge in [0.1, 0.15) is 17.0 Å². The minimum atomic E-state index is -3.98. The van der Waals surface area contributed by atoms with E-state index in [9.17, 15) is 17.6 Å². The van der Waals surface area contributed by atoms with Gasteiger partial charge in [-0.3, -0.25) is 4.79 Å². The van der Waals surface area contributed by atoms with Gasteiger partial charge in [0.05, 0.1) is 4.90 Å². The summed E-state index contributed by atoms with van der Waals surface area (Å²) in [5.41, 5.74) is 1.46. The number of aryl methyl sites for hydroxylation is 1. The van der Waals surface area contributed by atoms with Gasteiger partial charge >= 0.3 is 0 Å². The third-order valence-corrected chi connectivity index (χ3v) is 5.83. The Morgan fingerprint density at radius 1 is 0.969 bits per heavy atom. The van der Waals surface area contributed by atoms with Crippen LogP contribution >= 0.6 is 0 Å². The first-order valence-electron chi connectivity index (χ1n) is 9.54. The molecule has 1 aromatic heterocycles. The molecular weight excluding hydrogens is 433 g/mol. The van der Waals surface area contributed by atoms with Crippen LogP contribution in [0.3, 0.4) is 0 Å². The quantitative estimate of drug-likeness (QED) is 0.449. The lowest BCUT2D eigenvalue weighted by atomic mass is 10.1. The molecule has 0 atom stereocenters. The van der Waals surface area contributed by atoms with E-state index in [0.29, 0.717) is 16.7 Å². The standard InChI is InChI=1S/C23H18FN3O4S/c1-15-6-12-19(13-7-15)32(29,30)27-26-23-20(14-16-4-2-3-5-21(16)31-23)22(28)25-18-10-8-17(24)9-11-18/h2-14,27H,1H3,(H,25,28). The minimum Gasteiger partial charge on any atom is -0.436 e. The van der Waals surface area contributed by atoms with E-state index in [4.69, 9.17) is 4.42 Å². The number of nitrogens with zero attached hydrogens (tertiary/aromatic N) is 1. The first-order chi connectivity index (χ1) is 15.3. The summed E-state index contributed by atoms with van der Waals surface area (Å²) in [5.74, 6) is -1.04. The Balaban J connectivity index is 1.74. The zero-order valence-corrected chi connectivity index (χ0v) is 17.7. The van der Waals surface area contributed by atoms with Gasteiger partial charge in [-0.05, 0) is 55.5 Å². The van der Waals surface area contributed by atoms with E-state index in [-0.39, 0.29) is 16.0 Å². The van der Waals surface area contributed by atoms with Crippen molar-refractivity contribution in [3.63, 3.8) is 0 Å². The molecule has 1 amide bonds. The molecule has 2 N–H and O–H groups in total. The van der Waals surface area contributed by atoms with E-state index in [2.05, 4.69) is 15.2 Å². The maximum atomic E-state index is 13.2. The SMILES string of the molecule is Cc1ccc(S(=O)(=O)NN=c2oc3ccccc3cc2C(=O)Nc2ccc(F)cc2)cc1. The van der Waals surface area contributed by atoms with Crippen LogP contribution in [0.15, 0.2) is 93.3 Å². The van der Waals surface area contributed by atoms with Crippen molar-refractivity contribution in [2.45, 2.75) is 11.8 Å². The van der Waals surface area contributed by atoms with Crippen LogP contribution in [0.5, 0.6) is 0 Å². The van der Waals surface area contributed by atoms with Crippen molar-refractivity contribution in [1.29, 1.82) is 0 Å². The monoisotopic (exact) mass is 451 g/mol. The largest absolute Gasteiger partial charge is 0.436 e. The van der Waals surface area contributed by atoms with Crippen LogP contribution in [0.4, 0.5) is 10.1 Å². The number of hydrogen-bond donors (Lipinski definition) is 2. The number of para-hydroxylation sites is 1. The highest BCUT2D eigenvalue weighted by Gasteiger charge is 2.16. The molecule has 0 saturated carbocycles. The number of halogens is 1. The number of benzene rings is 3. The maximum absolute atomic E-state index is 13.2. The van der Waals surface area contributed by atoms with E-state index in [0.717, 1.165) is 5.56 Å². The van der Waals surface area contributed by atoms with Crippen LogP contribution in [0, 0.1) is 12.7 Å². The molecule has 4 aromatic rings. The van der Waals surface area contributed by atoms with Crippen LogP contribution in [0.2, 0.25) is 0 Å². The van der Waals surface area contributed by atoms with Gasteiger partial charge < -0.3 is 9.73 Å². The summed E-state index contributed by atoms with van der Waals surface area (Å²) in [5, 5.41) is 7.12. The fourth-order valence-corrected chi connectivity index (χ4v) is 3.72. The Bertz CT molecular complexity index is 1460. The summed E-state index contributed by atoms with van der Waals surface area (Å²) in [6, 6.07) is 19.9. The van der Waals surface area contributed by atoms with Crippen molar-refractivity contribution >= 4 is 32.6 Å². The zero-order valence-electron chi connectivity index (χ0n) is 16.9. The molecule has 162 valence electrons. The van der Waals surface area contributed by atoms with Crippen LogP contribution in [0.25, 0.3) is 11.0 Å². The van der Waals surface area contributed by atoms with Crippen LogP contribution < -0.4 is 15.7 Å². The van der Waals surface area contributed by atoms with Gasteiger partial charge in [-0.2, -0.15) is 13.2 Å². The molecule has 0 bridgehead atoms. The lowest BCUT2D eigenvalue weighted by molar-refractivity contribution is 0.102. The number of anilines is 1. The number of sulfonamides is 1. The molecule has 0 unspecified atom stereocenters. The molecule has 0 radical (unpaired) electrons. The molecule has 32 heavy (non-hydrogen) atoms. The Hall–Kier alpha value is -3.98. The van der Waals surface area contributed by atoms with Crippen molar-refractivity contribution in [1.82, 2.24) is 4.83 Å². The van der Waals surface area contributed by atoms with E-state index < -0.39 is 21.7 Å². The molecule has 0 aliphatic heterocycles. The van der Waals surface area contributed by atoms with Gasteiger partial charge in [-0.25, -0.2) is 4.39 Å². The summed E-state index contributed by atoms with van der Waals surface area (Å²) in [7, 11) is -3.98. The molecule has 7 nitrogen and oxygen atoms in total. The van der Waals surface area contributed by atoms with Crippen molar-refractivity contribution in [2.24, 2.45) is 5.10 Å². The highest BCUT2D eigenvalue weighted by atomic mass is 32.2. The molecule has 0 fully saturated rings. The predicted molar refractivity (Wildman–Crippen MR) is 118 cm³/mol. The lowest BCUT2D eigenvalue weighted by Gasteiger charge is -2.08. The highest BCUT2D eigenvalue weighted by Crippen LogP contribution is 2.15. The fourth-order valence-electron chi connectivity index (χ4n) is 2.92. The van der Waals surface area contributed by atoms with E-state index >= 15 is 0 Å². The average molecular weight is 451 g/mol. The summed E-state index contributed by atoms with van der Waals surface area (Å²) < 4.78 is 44.1. The van der Waals surface area contributed by atoms with E-state index in [1.54, 1.807) is 36.4 Å². The maximum Gasteiger partial charge on any atom is 0.276 e. The molecule has 3 aromatic carbocycles. The Kier molecular flexibility index (Phi) is 5.74. The van der Waals surface area contributed by atoms with Gasteiger partial charge in [0.2, 0.25) is 5.55 Å². The predicted octanol–water partition coefficient (Wildman–Crippen LogP) is 3.93. The van der Waals surface area contributed by atoms with Crippen LogP contribution in [0.1, 0.15) is 15.9 Å². The van der Waals surface area contributed by atoms with Crippen molar-refractivity contribution in [3.05, 3.63) is 101 Å². The van der Waals surface area contributed by atoms with Gasteiger partial charge in [0, 0.05) is 11.1 Å². The van der Waals surface area contributed by atoms with Gasteiger partial charge in [-0.15, -0.1) is 5.10 Å². The molecular formula is C23H18FN3O4S. The Morgan fingerprint density at radius 3 is 2.38 bits per heavy atom. The van der Waals surface area contributed by atoms with Crippen molar-refractivity contribution in [2.75, 3.05) is 5.32 Å². The zero-order chi connectivity index (χ0) is 22.7. The number of carbonyl (C=O) groups is 1. The fraction of sp³-hybridized carbons (Fsp3) is 0.0435. The lowest BCUT2D eigenvalue weighted by Crippen LogP contribution is -2.27. The van der Waals surface area contributed by atoms with Crippen molar-refractivity contribution in [3.8, 4) is 0 Å². The normalized spacial score (nSPS) is 12.0.